The molecule has 0 aliphatic carbocycles. The lowest BCUT2D eigenvalue weighted by molar-refractivity contribution is -0.124. The van der Waals surface area contributed by atoms with E-state index in [-0.39, 0.29) is 5.57 Å². The smallest absolute Gasteiger partial charge is 0.266 e. The van der Waals surface area contributed by atoms with E-state index in [0.717, 1.165) is 10.8 Å². The van der Waals surface area contributed by atoms with E-state index in [4.69, 9.17) is 9.47 Å². The van der Waals surface area contributed by atoms with Gasteiger partial charge in [0.2, 0.25) is 0 Å². The van der Waals surface area contributed by atoms with Gasteiger partial charge in [-0.3, -0.25) is 14.5 Å². The second kappa shape index (κ2) is 8.12. The average molecular weight is 420 g/mol. The van der Waals surface area contributed by atoms with Crippen LogP contribution in [0.15, 0.2) is 66.2 Å². The number of rotatable bonds is 4. The Balaban J connectivity index is 1.82. The fraction of sp³-hybridized carbons (Fsp3) is 0.130. The van der Waals surface area contributed by atoms with Gasteiger partial charge in [-0.15, -0.1) is 12.6 Å². The number of thiol groups is 1. The highest BCUT2D eigenvalue weighted by Crippen LogP contribution is 2.32. The van der Waals surface area contributed by atoms with Gasteiger partial charge in [-0.1, -0.05) is 30.3 Å². The molecule has 1 N–H and O–H groups in total. The van der Waals surface area contributed by atoms with Crippen molar-refractivity contribution in [3.63, 3.8) is 0 Å². The van der Waals surface area contributed by atoms with Gasteiger partial charge in [0.05, 0.1) is 14.2 Å². The van der Waals surface area contributed by atoms with E-state index < -0.39 is 17.3 Å². The lowest BCUT2D eigenvalue weighted by atomic mass is 9.99. The number of carbonyl (C=O) groups excluding carboxylic acids is 2. The second-order valence-electron chi connectivity index (χ2n) is 6.68. The molecular weight excluding hydrogens is 400 g/mol. The van der Waals surface area contributed by atoms with Crippen molar-refractivity contribution in [2.75, 3.05) is 19.1 Å². The van der Waals surface area contributed by atoms with Crippen LogP contribution in [0.25, 0.3) is 16.8 Å². The van der Waals surface area contributed by atoms with E-state index in [1.807, 2.05) is 36.4 Å². The molecule has 0 saturated carbocycles. The molecule has 1 aliphatic heterocycles. The molecule has 152 valence electrons. The van der Waals surface area contributed by atoms with Crippen LogP contribution in [0.1, 0.15) is 5.56 Å². The summed E-state index contributed by atoms with van der Waals surface area (Å²) in [4.78, 5) is 27.4. The number of anilines is 1. The maximum absolute atomic E-state index is 13.3. The molecule has 0 bridgehead atoms. The Labute approximate surface area is 179 Å². The number of benzene rings is 3. The summed E-state index contributed by atoms with van der Waals surface area (Å²) in [6.07, 6.45) is 1.58. The Hall–Kier alpha value is -3.45. The molecule has 1 unspecified atom stereocenters. The largest absolute Gasteiger partial charge is 0.497 e. The predicted octanol–water partition coefficient (Wildman–Crippen LogP) is 3.62. The minimum Gasteiger partial charge on any atom is -0.497 e. The normalized spacial score (nSPS) is 17.9. The SMILES string of the molecule is COc1ccc(N2C(=O)/C(=C\c3c(OC)ccc4ccccc34)C(=O)NC2S)cc1. The number of methoxy groups -OCH3 is 2. The van der Waals surface area contributed by atoms with Crippen molar-refractivity contribution < 1.29 is 19.1 Å². The first kappa shape index (κ1) is 19.8. The van der Waals surface area contributed by atoms with Crippen molar-refractivity contribution in [1.82, 2.24) is 5.32 Å². The number of hydrogen-bond donors (Lipinski definition) is 2. The highest BCUT2D eigenvalue weighted by atomic mass is 32.1. The van der Waals surface area contributed by atoms with Gasteiger partial charge in [-0.25, -0.2) is 0 Å². The zero-order valence-electron chi connectivity index (χ0n) is 16.5. The standard InChI is InChI=1S/C23H20N2O4S/c1-28-16-10-8-15(9-11-16)25-22(27)19(21(26)24-23(25)30)13-18-17-6-4-3-5-14(17)7-12-20(18)29-2/h3-13,23,30H,1-2H3,(H,24,26)/b19-13-. The molecule has 6 nitrogen and oxygen atoms in total. The first-order valence-corrected chi connectivity index (χ1v) is 9.79. The van der Waals surface area contributed by atoms with Gasteiger partial charge < -0.3 is 14.8 Å². The van der Waals surface area contributed by atoms with Crippen LogP contribution in [-0.4, -0.2) is 31.5 Å². The van der Waals surface area contributed by atoms with Gasteiger partial charge in [-0.2, -0.15) is 0 Å². The zero-order chi connectivity index (χ0) is 21.3. The summed E-state index contributed by atoms with van der Waals surface area (Å²) in [5.74, 6) is 0.309. The highest BCUT2D eigenvalue weighted by Gasteiger charge is 2.36. The van der Waals surface area contributed by atoms with Crippen molar-refractivity contribution in [1.29, 1.82) is 0 Å². The Morgan fingerprint density at radius 3 is 2.40 bits per heavy atom. The van der Waals surface area contributed by atoms with Crippen LogP contribution in [0.4, 0.5) is 5.69 Å². The lowest BCUT2D eigenvalue weighted by Crippen LogP contribution is -2.55. The number of carbonyl (C=O) groups is 2. The summed E-state index contributed by atoms with van der Waals surface area (Å²) in [5.41, 5.74) is 0.480. The molecule has 0 radical (unpaired) electrons. The molecule has 1 saturated heterocycles. The van der Waals surface area contributed by atoms with Crippen molar-refractivity contribution in [3.8, 4) is 11.5 Å². The van der Waals surface area contributed by atoms with E-state index in [1.165, 1.54) is 4.90 Å². The molecule has 0 spiro atoms. The summed E-state index contributed by atoms with van der Waals surface area (Å²) in [5, 5.41) is 4.60. The molecule has 1 aliphatic rings. The first-order valence-electron chi connectivity index (χ1n) is 9.27. The third-order valence-corrected chi connectivity index (χ3v) is 5.35. The minimum atomic E-state index is -0.787. The number of fused-ring (bicyclic) bond motifs is 1. The molecule has 7 heteroatoms. The molecule has 1 atom stereocenters. The van der Waals surface area contributed by atoms with Crippen LogP contribution < -0.4 is 19.7 Å². The number of nitrogens with zero attached hydrogens (tertiary/aromatic N) is 1. The van der Waals surface area contributed by atoms with Crippen molar-refractivity contribution >= 4 is 47.0 Å². The van der Waals surface area contributed by atoms with Crippen LogP contribution in [0.5, 0.6) is 11.5 Å². The van der Waals surface area contributed by atoms with Gasteiger partial charge in [-0.05, 0) is 47.2 Å². The Morgan fingerprint density at radius 2 is 1.70 bits per heavy atom. The topological polar surface area (TPSA) is 67.9 Å². The van der Waals surface area contributed by atoms with Crippen molar-refractivity contribution in [2.24, 2.45) is 0 Å². The van der Waals surface area contributed by atoms with Crippen LogP contribution in [0.3, 0.4) is 0 Å². The summed E-state index contributed by atoms with van der Waals surface area (Å²) >= 11 is 4.39. The van der Waals surface area contributed by atoms with Crippen LogP contribution in [-0.2, 0) is 9.59 Å². The van der Waals surface area contributed by atoms with Gasteiger partial charge in [0.15, 0.2) is 5.50 Å². The maximum Gasteiger partial charge on any atom is 0.266 e. The molecule has 4 rings (SSSR count). The molecule has 0 aromatic heterocycles. The van der Waals surface area contributed by atoms with E-state index in [9.17, 15) is 9.59 Å². The molecule has 3 aromatic carbocycles. The monoisotopic (exact) mass is 420 g/mol. The molecule has 2 amide bonds. The van der Waals surface area contributed by atoms with E-state index in [2.05, 4.69) is 17.9 Å². The molecule has 1 fully saturated rings. The van der Waals surface area contributed by atoms with Crippen LogP contribution in [0, 0.1) is 0 Å². The fourth-order valence-corrected chi connectivity index (χ4v) is 3.83. The Kier molecular flexibility index (Phi) is 5.37. The average Bonchev–Trinajstić information content (AvgIpc) is 2.76. The van der Waals surface area contributed by atoms with Crippen molar-refractivity contribution in [3.05, 3.63) is 71.8 Å². The van der Waals surface area contributed by atoms with Gasteiger partial charge in [0.25, 0.3) is 11.8 Å². The minimum absolute atomic E-state index is 0.00534. The molecule has 1 heterocycles. The van der Waals surface area contributed by atoms with E-state index in [0.29, 0.717) is 22.7 Å². The number of nitrogens with one attached hydrogen (secondary N) is 1. The maximum atomic E-state index is 13.3. The Bertz CT molecular complexity index is 1160. The highest BCUT2D eigenvalue weighted by molar-refractivity contribution is 7.81. The van der Waals surface area contributed by atoms with Gasteiger partial charge >= 0.3 is 0 Å². The van der Waals surface area contributed by atoms with Crippen LogP contribution >= 0.6 is 12.6 Å². The number of hydrogen-bond acceptors (Lipinski definition) is 5. The van der Waals surface area contributed by atoms with E-state index in [1.54, 1.807) is 44.6 Å². The number of amides is 2. The zero-order valence-corrected chi connectivity index (χ0v) is 17.4. The quantitative estimate of drug-likeness (QED) is 0.384. The Morgan fingerprint density at radius 1 is 0.967 bits per heavy atom. The summed E-state index contributed by atoms with van der Waals surface area (Å²) in [6, 6.07) is 18.5. The predicted molar refractivity (Wildman–Crippen MR) is 120 cm³/mol. The third-order valence-electron chi connectivity index (χ3n) is 4.99. The first-order chi connectivity index (χ1) is 14.5. The fourth-order valence-electron chi connectivity index (χ4n) is 3.47. The van der Waals surface area contributed by atoms with Gasteiger partial charge in [0.1, 0.15) is 17.1 Å². The summed E-state index contributed by atoms with van der Waals surface area (Å²) in [7, 11) is 3.13. The third kappa shape index (κ3) is 3.48. The summed E-state index contributed by atoms with van der Waals surface area (Å²) in [6.45, 7) is 0. The van der Waals surface area contributed by atoms with Crippen LogP contribution in [0.2, 0.25) is 0 Å². The van der Waals surface area contributed by atoms with E-state index >= 15 is 0 Å². The number of ether oxygens (including phenoxy) is 2. The summed E-state index contributed by atoms with van der Waals surface area (Å²) < 4.78 is 10.7. The second-order valence-corrected chi connectivity index (χ2v) is 7.17. The molecular formula is C23H20N2O4S. The molecule has 30 heavy (non-hydrogen) atoms. The van der Waals surface area contributed by atoms with Gasteiger partial charge in [0, 0.05) is 11.3 Å². The van der Waals surface area contributed by atoms with Crippen molar-refractivity contribution in [2.45, 2.75) is 5.50 Å². The lowest BCUT2D eigenvalue weighted by Gasteiger charge is -2.34. The molecule has 3 aromatic rings.